The van der Waals surface area contributed by atoms with Crippen molar-refractivity contribution in [2.75, 3.05) is 0 Å². The van der Waals surface area contributed by atoms with Crippen molar-refractivity contribution in [1.29, 1.82) is 0 Å². The van der Waals surface area contributed by atoms with Crippen LogP contribution in [0.5, 0.6) is 0 Å². The van der Waals surface area contributed by atoms with Gasteiger partial charge in [0.1, 0.15) is 0 Å². The van der Waals surface area contributed by atoms with Gasteiger partial charge in [0.25, 0.3) is 0 Å². The van der Waals surface area contributed by atoms with E-state index in [0.29, 0.717) is 6.42 Å². The van der Waals surface area contributed by atoms with Gasteiger partial charge in [-0.15, -0.1) is 0 Å². The first kappa shape index (κ1) is 9.89. The number of hydrogen-bond acceptors (Lipinski definition) is 4. The van der Waals surface area contributed by atoms with Crippen molar-refractivity contribution in [2.24, 2.45) is 0 Å². The Balaban J connectivity index is 2.48. The van der Waals surface area contributed by atoms with E-state index in [0.717, 1.165) is 0 Å². The molecule has 0 spiro atoms. The third-order valence-corrected chi connectivity index (χ3v) is 1.91. The number of Topliss-reactive ketones (excluding diaryl/α,β-unsaturated/α-hetero) is 2. The second-order valence-corrected chi connectivity index (χ2v) is 3.05. The van der Waals surface area contributed by atoms with Crippen LogP contribution in [0, 0.1) is 0 Å². The summed E-state index contributed by atoms with van der Waals surface area (Å²) in [4.78, 5) is 33.0. The zero-order chi connectivity index (χ0) is 9.84. The number of carbonyl (C=O) groups excluding carboxylic acids is 3. The number of carbonyl (C=O) groups is 3. The SMILES string of the molecule is CCCC(=O)OC1C(=O)CCC1=O. The monoisotopic (exact) mass is 184 g/mol. The van der Waals surface area contributed by atoms with Gasteiger partial charge in [0.05, 0.1) is 0 Å². The number of rotatable bonds is 3. The van der Waals surface area contributed by atoms with Gasteiger partial charge >= 0.3 is 5.97 Å². The van der Waals surface area contributed by atoms with Gasteiger partial charge in [-0.25, -0.2) is 0 Å². The van der Waals surface area contributed by atoms with E-state index in [2.05, 4.69) is 0 Å². The van der Waals surface area contributed by atoms with Crippen LogP contribution in [0.3, 0.4) is 0 Å². The van der Waals surface area contributed by atoms with Crippen LogP contribution in [0.25, 0.3) is 0 Å². The molecule has 0 aromatic heterocycles. The first-order valence-corrected chi connectivity index (χ1v) is 4.40. The average molecular weight is 184 g/mol. The van der Waals surface area contributed by atoms with Gasteiger partial charge in [-0.05, 0) is 6.42 Å². The minimum Gasteiger partial charge on any atom is -0.446 e. The van der Waals surface area contributed by atoms with Crippen LogP contribution in [-0.4, -0.2) is 23.6 Å². The Morgan fingerprint density at radius 2 is 1.92 bits per heavy atom. The van der Waals surface area contributed by atoms with E-state index in [9.17, 15) is 14.4 Å². The van der Waals surface area contributed by atoms with Crippen molar-refractivity contribution >= 4 is 17.5 Å². The van der Waals surface area contributed by atoms with E-state index in [1.165, 1.54) is 0 Å². The van der Waals surface area contributed by atoms with Gasteiger partial charge < -0.3 is 4.74 Å². The molecule has 4 heteroatoms. The lowest BCUT2D eigenvalue weighted by Crippen LogP contribution is -2.28. The number of esters is 1. The summed E-state index contributed by atoms with van der Waals surface area (Å²) in [5, 5.41) is 0. The second-order valence-electron chi connectivity index (χ2n) is 3.05. The maximum atomic E-state index is 11.0. The maximum Gasteiger partial charge on any atom is 0.306 e. The Morgan fingerprint density at radius 1 is 1.38 bits per heavy atom. The Labute approximate surface area is 76.3 Å². The molecule has 0 heterocycles. The van der Waals surface area contributed by atoms with Gasteiger partial charge in [-0.2, -0.15) is 0 Å². The molecule has 1 aliphatic rings. The molecule has 0 aromatic rings. The highest BCUT2D eigenvalue weighted by atomic mass is 16.5. The Hall–Kier alpha value is -1.19. The highest BCUT2D eigenvalue weighted by molar-refractivity contribution is 6.12. The quantitative estimate of drug-likeness (QED) is 0.476. The smallest absolute Gasteiger partial charge is 0.306 e. The van der Waals surface area contributed by atoms with Crippen LogP contribution in [0.2, 0.25) is 0 Å². The molecule has 0 aromatic carbocycles. The van der Waals surface area contributed by atoms with Gasteiger partial charge in [0.15, 0.2) is 11.6 Å². The first-order chi connectivity index (χ1) is 6.15. The van der Waals surface area contributed by atoms with Gasteiger partial charge in [0.2, 0.25) is 6.10 Å². The zero-order valence-electron chi connectivity index (χ0n) is 7.54. The number of ketones is 2. The largest absolute Gasteiger partial charge is 0.446 e. The lowest BCUT2D eigenvalue weighted by atomic mass is 10.2. The van der Waals surface area contributed by atoms with Crippen LogP contribution >= 0.6 is 0 Å². The minimum atomic E-state index is -1.10. The lowest BCUT2D eigenvalue weighted by molar-refractivity contribution is -0.157. The fourth-order valence-electron chi connectivity index (χ4n) is 1.21. The molecule has 1 saturated carbocycles. The Morgan fingerprint density at radius 3 is 2.38 bits per heavy atom. The molecule has 0 aliphatic heterocycles. The van der Waals surface area contributed by atoms with E-state index >= 15 is 0 Å². The molecule has 0 saturated heterocycles. The highest BCUT2D eigenvalue weighted by Gasteiger charge is 2.35. The van der Waals surface area contributed by atoms with E-state index in [-0.39, 0.29) is 30.8 Å². The Bertz CT molecular complexity index is 228. The fraction of sp³-hybridized carbons (Fsp3) is 0.667. The molecule has 1 aliphatic carbocycles. The highest BCUT2D eigenvalue weighted by Crippen LogP contribution is 2.14. The van der Waals surface area contributed by atoms with Gasteiger partial charge in [-0.1, -0.05) is 6.92 Å². The summed E-state index contributed by atoms with van der Waals surface area (Å²) in [6.45, 7) is 1.83. The molecule has 0 amide bonds. The van der Waals surface area contributed by atoms with Gasteiger partial charge in [0, 0.05) is 19.3 Å². The molecule has 4 nitrogen and oxygen atoms in total. The van der Waals surface area contributed by atoms with Crippen LogP contribution in [-0.2, 0) is 19.1 Å². The fourth-order valence-corrected chi connectivity index (χ4v) is 1.21. The van der Waals surface area contributed by atoms with Crippen molar-refractivity contribution in [3.8, 4) is 0 Å². The third kappa shape index (κ3) is 2.37. The van der Waals surface area contributed by atoms with E-state index in [1.54, 1.807) is 0 Å². The summed E-state index contributed by atoms with van der Waals surface area (Å²) in [5.74, 6) is -1.000. The molecule has 0 atom stereocenters. The number of hydrogen-bond donors (Lipinski definition) is 0. The Kier molecular flexibility index (Phi) is 3.17. The van der Waals surface area contributed by atoms with E-state index in [4.69, 9.17) is 4.74 Å². The van der Waals surface area contributed by atoms with Crippen LogP contribution in [0.15, 0.2) is 0 Å². The van der Waals surface area contributed by atoms with Crippen LogP contribution < -0.4 is 0 Å². The normalized spacial score (nSPS) is 17.9. The standard InChI is InChI=1S/C9H12O4/c1-2-3-8(12)13-9-6(10)4-5-7(9)11/h9H,2-5H2,1H3. The third-order valence-electron chi connectivity index (χ3n) is 1.91. The summed E-state index contributed by atoms with van der Waals surface area (Å²) in [7, 11) is 0. The summed E-state index contributed by atoms with van der Waals surface area (Å²) in [6, 6.07) is 0. The molecule has 72 valence electrons. The molecular formula is C9H12O4. The summed E-state index contributed by atoms with van der Waals surface area (Å²) < 4.78 is 4.74. The minimum absolute atomic E-state index is 0.211. The maximum absolute atomic E-state index is 11.0. The lowest BCUT2D eigenvalue weighted by Gasteiger charge is -2.07. The average Bonchev–Trinajstić information content (AvgIpc) is 2.36. The molecule has 13 heavy (non-hydrogen) atoms. The predicted molar refractivity (Wildman–Crippen MR) is 44.0 cm³/mol. The topological polar surface area (TPSA) is 60.4 Å². The second kappa shape index (κ2) is 4.16. The molecule has 1 rings (SSSR count). The molecule has 0 N–H and O–H groups in total. The van der Waals surface area contributed by atoms with Crippen molar-refractivity contribution in [2.45, 2.75) is 38.7 Å². The molecule has 0 radical (unpaired) electrons. The summed E-state index contributed by atoms with van der Waals surface area (Å²) >= 11 is 0. The molecule has 0 bridgehead atoms. The summed E-state index contributed by atoms with van der Waals surface area (Å²) in [5.41, 5.74) is 0. The van der Waals surface area contributed by atoms with E-state index < -0.39 is 12.1 Å². The predicted octanol–water partition coefficient (Wildman–Crippen LogP) is 0.630. The van der Waals surface area contributed by atoms with Crippen molar-refractivity contribution < 1.29 is 19.1 Å². The van der Waals surface area contributed by atoms with Crippen molar-refractivity contribution in [1.82, 2.24) is 0 Å². The van der Waals surface area contributed by atoms with E-state index in [1.807, 2.05) is 6.92 Å². The van der Waals surface area contributed by atoms with Crippen molar-refractivity contribution in [3.05, 3.63) is 0 Å². The van der Waals surface area contributed by atoms with Gasteiger partial charge in [-0.3, -0.25) is 14.4 Å². The number of ether oxygens (including phenoxy) is 1. The molecule has 0 unspecified atom stereocenters. The van der Waals surface area contributed by atoms with Crippen LogP contribution in [0.1, 0.15) is 32.6 Å². The zero-order valence-corrected chi connectivity index (χ0v) is 7.54. The molecule has 1 fully saturated rings. The first-order valence-electron chi connectivity index (χ1n) is 4.40. The summed E-state index contributed by atoms with van der Waals surface area (Å²) in [6.07, 6.45) is 0.246. The molecular weight excluding hydrogens is 172 g/mol. The van der Waals surface area contributed by atoms with Crippen LogP contribution in [0.4, 0.5) is 0 Å². The van der Waals surface area contributed by atoms with Crippen molar-refractivity contribution in [3.63, 3.8) is 0 Å².